The van der Waals surface area contributed by atoms with Crippen molar-refractivity contribution >= 4 is 17.6 Å². The van der Waals surface area contributed by atoms with Crippen LogP contribution in [0.4, 0.5) is 0 Å². The van der Waals surface area contributed by atoms with E-state index in [-0.39, 0.29) is 6.10 Å². The van der Waals surface area contributed by atoms with Gasteiger partial charge < -0.3 is 10.5 Å². The molecule has 0 bridgehead atoms. The number of carbonyl (C=O) groups is 1. The summed E-state index contributed by atoms with van der Waals surface area (Å²) >= 11 is 5.60. The third-order valence-corrected chi connectivity index (χ3v) is 2.02. The molecule has 0 aliphatic rings. The number of ether oxygens (including phenoxy) is 1. The maximum absolute atomic E-state index is 11.3. The first-order valence-corrected chi connectivity index (χ1v) is 5.03. The predicted octanol–water partition coefficient (Wildman–Crippen LogP) is 1.84. The van der Waals surface area contributed by atoms with E-state index in [4.69, 9.17) is 22.1 Å². The van der Waals surface area contributed by atoms with E-state index < -0.39 is 11.5 Å². The maximum atomic E-state index is 11.3. The van der Waals surface area contributed by atoms with Crippen LogP contribution in [0.15, 0.2) is 12.2 Å². The van der Waals surface area contributed by atoms with E-state index >= 15 is 0 Å². The van der Waals surface area contributed by atoms with Gasteiger partial charge in [0.15, 0.2) is 0 Å². The molecule has 0 fully saturated rings. The minimum atomic E-state index is -0.583. The number of esters is 1. The first-order chi connectivity index (χ1) is 6.29. The van der Waals surface area contributed by atoms with Crippen molar-refractivity contribution in [3.8, 4) is 0 Å². The smallest absolute Gasteiger partial charge is 0.333 e. The zero-order chi connectivity index (χ0) is 11.4. The number of halogens is 1. The number of hydrogen-bond acceptors (Lipinski definition) is 3. The summed E-state index contributed by atoms with van der Waals surface area (Å²) in [6.07, 6.45) is 0.175. The highest BCUT2D eigenvalue weighted by molar-refractivity contribution is 6.17. The minimum absolute atomic E-state index is 0.369. The Hall–Kier alpha value is -0.540. The van der Waals surface area contributed by atoms with Gasteiger partial charge in [-0.25, -0.2) is 4.79 Å². The summed E-state index contributed by atoms with van der Waals surface area (Å²) in [6.45, 7) is 8.71. The van der Waals surface area contributed by atoms with Crippen molar-refractivity contribution in [2.24, 2.45) is 5.73 Å². The number of nitrogens with two attached hydrogens (primary N) is 1. The van der Waals surface area contributed by atoms with Gasteiger partial charge in [0.2, 0.25) is 0 Å². The first-order valence-electron chi connectivity index (χ1n) is 4.50. The molecule has 0 aromatic rings. The molecule has 0 aromatic carbocycles. The molecule has 0 saturated carbocycles. The Kier molecular flexibility index (Phi) is 5.16. The van der Waals surface area contributed by atoms with E-state index in [2.05, 4.69) is 6.58 Å². The quantitative estimate of drug-likeness (QED) is 0.436. The van der Waals surface area contributed by atoms with Crippen LogP contribution in [0.2, 0.25) is 0 Å². The summed E-state index contributed by atoms with van der Waals surface area (Å²) in [5, 5.41) is 0. The summed E-state index contributed by atoms with van der Waals surface area (Å²) in [7, 11) is 0. The molecule has 0 aliphatic heterocycles. The Balaban J connectivity index is 4.38. The number of rotatable bonds is 5. The lowest BCUT2D eigenvalue weighted by atomic mass is 9.96. The van der Waals surface area contributed by atoms with Gasteiger partial charge in [-0.05, 0) is 27.2 Å². The van der Waals surface area contributed by atoms with Crippen molar-refractivity contribution in [3.05, 3.63) is 12.2 Å². The molecule has 82 valence electrons. The molecule has 0 aromatic heterocycles. The van der Waals surface area contributed by atoms with Crippen LogP contribution in [0.3, 0.4) is 0 Å². The van der Waals surface area contributed by atoms with E-state index in [0.29, 0.717) is 17.9 Å². The summed E-state index contributed by atoms with van der Waals surface area (Å²) in [5.74, 6) is -0.00645. The van der Waals surface area contributed by atoms with Crippen molar-refractivity contribution in [1.29, 1.82) is 0 Å². The number of alkyl halides is 1. The van der Waals surface area contributed by atoms with Gasteiger partial charge in [0.1, 0.15) is 6.10 Å². The third-order valence-electron chi connectivity index (χ3n) is 1.80. The molecule has 1 atom stereocenters. The summed E-state index contributed by atoms with van der Waals surface area (Å²) in [6, 6.07) is 0. The van der Waals surface area contributed by atoms with E-state index in [0.717, 1.165) is 0 Å². The molecule has 0 rings (SSSR count). The Morgan fingerprint density at radius 3 is 2.43 bits per heavy atom. The van der Waals surface area contributed by atoms with E-state index in [1.54, 1.807) is 20.8 Å². The van der Waals surface area contributed by atoms with Crippen LogP contribution < -0.4 is 5.73 Å². The molecule has 0 spiro atoms. The lowest BCUT2D eigenvalue weighted by Gasteiger charge is -2.29. The molecule has 1 unspecified atom stereocenters. The van der Waals surface area contributed by atoms with E-state index in [1.807, 2.05) is 0 Å². The molecule has 2 N–H and O–H groups in total. The monoisotopic (exact) mass is 219 g/mol. The second-order valence-corrected chi connectivity index (χ2v) is 4.35. The summed E-state index contributed by atoms with van der Waals surface area (Å²) in [5.41, 5.74) is 5.63. The van der Waals surface area contributed by atoms with Crippen molar-refractivity contribution in [3.63, 3.8) is 0 Å². The summed E-state index contributed by atoms with van der Waals surface area (Å²) in [4.78, 5) is 11.3. The molecule has 14 heavy (non-hydrogen) atoms. The van der Waals surface area contributed by atoms with Gasteiger partial charge in [-0.15, -0.1) is 11.6 Å². The molecule has 0 saturated heterocycles. The molecular formula is C10H18ClNO2. The van der Waals surface area contributed by atoms with Gasteiger partial charge in [-0.3, -0.25) is 0 Å². The lowest BCUT2D eigenvalue weighted by molar-refractivity contribution is -0.147. The second-order valence-electron chi connectivity index (χ2n) is 3.97. The van der Waals surface area contributed by atoms with Crippen molar-refractivity contribution in [2.45, 2.75) is 38.8 Å². The van der Waals surface area contributed by atoms with Gasteiger partial charge in [-0.2, -0.15) is 0 Å². The van der Waals surface area contributed by atoms with Crippen molar-refractivity contribution in [1.82, 2.24) is 0 Å². The predicted molar refractivity (Wildman–Crippen MR) is 58.3 cm³/mol. The van der Waals surface area contributed by atoms with Gasteiger partial charge in [0, 0.05) is 17.0 Å². The Morgan fingerprint density at radius 2 is 2.14 bits per heavy atom. The van der Waals surface area contributed by atoms with Crippen molar-refractivity contribution < 1.29 is 9.53 Å². The molecular weight excluding hydrogens is 202 g/mol. The number of carbonyl (C=O) groups excluding carboxylic acids is 1. The second kappa shape index (κ2) is 5.37. The molecule has 0 heterocycles. The van der Waals surface area contributed by atoms with Crippen molar-refractivity contribution in [2.75, 3.05) is 5.88 Å². The summed E-state index contributed by atoms with van der Waals surface area (Å²) < 4.78 is 5.17. The molecule has 0 radical (unpaired) electrons. The molecule has 0 amide bonds. The highest BCUT2D eigenvalue weighted by atomic mass is 35.5. The van der Waals surface area contributed by atoms with Gasteiger partial charge in [0.25, 0.3) is 0 Å². The molecule has 4 heteroatoms. The lowest BCUT2D eigenvalue weighted by Crippen LogP contribution is -2.47. The topological polar surface area (TPSA) is 52.3 Å². The molecule has 3 nitrogen and oxygen atoms in total. The zero-order valence-electron chi connectivity index (χ0n) is 8.97. The highest BCUT2D eigenvalue weighted by Gasteiger charge is 2.28. The Bertz CT molecular complexity index is 221. The normalized spacial score (nSPS) is 13.5. The zero-order valence-corrected chi connectivity index (χ0v) is 9.73. The van der Waals surface area contributed by atoms with Crippen LogP contribution in [0.1, 0.15) is 27.2 Å². The van der Waals surface area contributed by atoms with Crippen LogP contribution in [0, 0.1) is 0 Å². The number of hydrogen-bond donors (Lipinski definition) is 1. The average molecular weight is 220 g/mol. The fourth-order valence-electron chi connectivity index (χ4n) is 0.912. The van der Waals surface area contributed by atoms with E-state index in [9.17, 15) is 4.79 Å². The van der Waals surface area contributed by atoms with Crippen LogP contribution in [-0.2, 0) is 9.53 Å². The SMILES string of the molecule is C=C(C)C(=O)OC(CCCl)C(C)(C)N. The largest absolute Gasteiger partial charge is 0.457 e. The van der Waals surface area contributed by atoms with Gasteiger partial charge >= 0.3 is 5.97 Å². The fourth-order valence-corrected chi connectivity index (χ4v) is 1.11. The maximum Gasteiger partial charge on any atom is 0.333 e. The third kappa shape index (κ3) is 4.63. The van der Waals surface area contributed by atoms with Crippen LogP contribution in [-0.4, -0.2) is 23.5 Å². The Morgan fingerprint density at radius 1 is 1.64 bits per heavy atom. The fraction of sp³-hybridized carbons (Fsp3) is 0.700. The van der Waals surface area contributed by atoms with Crippen LogP contribution >= 0.6 is 11.6 Å². The van der Waals surface area contributed by atoms with Crippen LogP contribution in [0.25, 0.3) is 0 Å². The van der Waals surface area contributed by atoms with Crippen LogP contribution in [0.5, 0.6) is 0 Å². The molecule has 0 aliphatic carbocycles. The van der Waals surface area contributed by atoms with Gasteiger partial charge in [0.05, 0.1) is 0 Å². The standard InChI is InChI=1S/C10H18ClNO2/c1-7(2)9(13)14-8(5-6-11)10(3,4)12/h8H,1,5-6,12H2,2-4H3. The minimum Gasteiger partial charge on any atom is -0.457 e. The van der Waals surface area contributed by atoms with Gasteiger partial charge in [-0.1, -0.05) is 6.58 Å². The Labute approximate surface area is 90.3 Å². The first kappa shape index (κ1) is 13.5. The average Bonchev–Trinajstić information content (AvgIpc) is 2.01. The van der Waals surface area contributed by atoms with E-state index in [1.165, 1.54) is 0 Å². The highest BCUT2D eigenvalue weighted by Crippen LogP contribution is 2.15.